The molecule has 0 atom stereocenters. The number of aryl methyl sites for hydroxylation is 1. The number of rotatable bonds is 11. The summed E-state index contributed by atoms with van der Waals surface area (Å²) in [4.78, 5) is 22.0. The predicted octanol–water partition coefficient (Wildman–Crippen LogP) is 2.33. The van der Waals surface area contributed by atoms with E-state index in [1.54, 1.807) is 32.4 Å². The van der Waals surface area contributed by atoms with Crippen molar-refractivity contribution in [1.82, 2.24) is 25.2 Å². The van der Waals surface area contributed by atoms with Crippen LogP contribution < -0.4 is 5.32 Å². The van der Waals surface area contributed by atoms with Gasteiger partial charge in [0.05, 0.1) is 5.69 Å². The molecule has 0 saturated heterocycles. The highest BCUT2D eigenvalue weighted by molar-refractivity contribution is 6.10. The number of aromatic nitrogens is 5. The number of oxime groups is 1. The Kier molecular flexibility index (Phi) is 8.18. The molecule has 1 aromatic carbocycles. The molecule has 2 aromatic heterocycles. The number of unbranched alkanes of at least 4 members (excludes halogenated alkanes) is 1. The Balaban J connectivity index is 1.63. The van der Waals surface area contributed by atoms with Crippen LogP contribution in [-0.2, 0) is 28.0 Å². The van der Waals surface area contributed by atoms with E-state index in [0.29, 0.717) is 36.1 Å². The van der Waals surface area contributed by atoms with Crippen molar-refractivity contribution in [2.24, 2.45) is 12.2 Å². The molecule has 1 amide bonds. The molecule has 2 heterocycles. The van der Waals surface area contributed by atoms with Crippen LogP contribution in [0.1, 0.15) is 36.3 Å². The highest BCUT2D eigenvalue weighted by Crippen LogP contribution is 2.11. The molecule has 0 bridgehead atoms. The number of ether oxygens (including phenoxy) is 1. The summed E-state index contributed by atoms with van der Waals surface area (Å²) in [6.07, 6.45) is 2.02. The first-order valence-electron chi connectivity index (χ1n) is 9.90. The highest BCUT2D eigenvalue weighted by atomic mass is 16.6. The van der Waals surface area contributed by atoms with Crippen LogP contribution in [-0.4, -0.2) is 50.5 Å². The fourth-order valence-corrected chi connectivity index (χ4v) is 2.78. The molecule has 1 N–H and O–H groups in total. The van der Waals surface area contributed by atoms with Gasteiger partial charge in [0.2, 0.25) is 11.7 Å². The summed E-state index contributed by atoms with van der Waals surface area (Å²) in [5.41, 5.74) is 1.96. The van der Waals surface area contributed by atoms with Gasteiger partial charge in [-0.3, -0.25) is 4.79 Å². The predicted molar refractivity (Wildman–Crippen MR) is 114 cm³/mol. The van der Waals surface area contributed by atoms with E-state index < -0.39 is 0 Å². The van der Waals surface area contributed by atoms with E-state index in [0.717, 1.165) is 18.4 Å². The van der Waals surface area contributed by atoms with Crippen molar-refractivity contribution in [2.75, 3.05) is 19.0 Å². The lowest BCUT2D eigenvalue weighted by Crippen LogP contribution is -2.13. The lowest BCUT2D eigenvalue weighted by Gasteiger charge is -2.08. The number of tetrazole rings is 1. The van der Waals surface area contributed by atoms with Gasteiger partial charge in [-0.1, -0.05) is 41.6 Å². The minimum atomic E-state index is -0.0826. The molecule has 0 fully saturated rings. The Morgan fingerprint density at radius 1 is 1.13 bits per heavy atom. The second-order valence-corrected chi connectivity index (χ2v) is 6.72. The Hall–Kier alpha value is -3.66. The topological polar surface area (TPSA) is 116 Å². The summed E-state index contributed by atoms with van der Waals surface area (Å²) in [6, 6.07) is 14.9. The molecule has 3 aromatic rings. The molecule has 0 unspecified atom stereocenters. The average Bonchev–Trinajstić information content (AvgIpc) is 3.21. The quantitative estimate of drug-likeness (QED) is 0.286. The first-order chi connectivity index (χ1) is 15.2. The van der Waals surface area contributed by atoms with E-state index in [4.69, 9.17) is 9.57 Å². The van der Waals surface area contributed by atoms with Crippen LogP contribution in [0, 0.1) is 0 Å². The minimum absolute atomic E-state index is 0.0826. The number of methoxy groups -OCH3 is 1. The number of benzene rings is 1. The zero-order valence-corrected chi connectivity index (χ0v) is 17.6. The van der Waals surface area contributed by atoms with Crippen LogP contribution in [0.5, 0.6) is 0 Å². The smallest absolute Gasteiger partial charge is 0.225 e. The number of carbonyl (C=O) groups is 1. The second kappa shape index (κ2) is 11.5. The van der Waals surface area contributed by atoms with Gasteiger partial charge in [0.25, 0.3) is 0 Å². The minimum Gasteiger partial charge on any atom is -0.389 e. The number of carbonyl (C=O) groups excluding carboxylic acids is 1. The van der Waals surface area contributed by atoms with Crippen LogP contribution in [0.2, 0.25) is 0 Å². The maximum absolute atomic E-state index is 12.0. The SMILES string of the molecule is COCCCCC(=O)Nc1cccc(CO/N=C(/c2ccccc2)c2nnnn2C)n1. The molecular weight excluding hydrogens is 398 g/mol. The largest absolute Gasteiger partial charge is 0.389 e. The molecule has 0 aliphatic carbocycles. The van der Waals surface area contributed by atoms with Gasteiger partial charge in [-0.05, 0) is 35.4 Å². The van der Waals surface area contributed by atoms with Crippen LogP contribution in [0.3, 0.4) is 0 Å². The number of nitrogens with one attached hydrogen (secondary N) is 1. The van der Waals surface area contributed by atoms with E-state index in [1.165, 1.54) is 4.68 Å². The first-order valence-corrected chi connectivity index (χ1v) is 9.90. The maximum atomic E-state index is 12.0. The number of hydrogen-bond donors (Lipinski definition) is 1. The molecule has 0 aliphatic rings. The van der Waals surface area contributed by atoms with Crippen molar-refractivity contribution < 1.29 is 14.4 Å². The maximum Gasteiger partial charge on any atom is 0.225 e. The van der Waals surface area contributed by atoms with Crippen LogP contribution in [0.15, 0.2) is 53.7 Å². The third kappa shape index (κ3) is 6.68. The molecule has 0 saturated carbocycles. The Bertz CT molecular complexity index is 1000. The van der Waals surface area contributed by atoms with Crippen LogP contribution >= 0.6 is 0 Å². The molecule has 0 radical (unpaired) electrons. The zero-order valence-electron chi connectivity index (χ0n) is 17.6. The van der Waals surface area contributed by atoms with Gasteiger partial charge in [-0.15, -0.1) is 5.10 Å². The number of hydrogen-bond acceptors (Lipinski definition) is 8. The first kappa shape index (κ1) is 22.0. The van der Waals surface area contributed by atoms with Crippen molar-refractivity contribution in [1.29, 1.82) is 0 Å². The second-order valence-electron chi connectivity index (χ2n) is 6.72. The van der Waals surface area contributed by atoms with Gasteiger partial charge in [0.15, 0.2) is 12.3 Å². The monoisotopic (exact) mass is 423 g/mol. The van der Waals surface area contributed by atoms with E-state index >= 15 is 0 Å². The Labute approximate surface area is 180 Å². The normalized spacial score (nSPS) is 11.4. The van der Waals surface area contributed by atoms with Gasteiger partial charge < -0.3 is 14.9 Å². The number of pyridine rings is 1. The molecule has 10 nitrogen and oxygen atoms in total. The van der Waals surface area contributed by atoms with Gasteiger partial charge in [0.1, 0.15) is 5.82 Å². The lowest BCUT2D eigenvalue weighted by atomic mass is 10.1. The van der Waals surface area contributed by atoms with E-state index in [2.05, 4.69) is 31.0 Å². The summed E-state index contributed by atoms with van der Waals surface area (Å²) < 4.78 is 6.51. The summed E-state index contributed by atoms with van der Waals surface area (Å²) in [6.45, 7) is 0.771. The van der Waals surface area contributed by atoms with Gasteiger partial charge in [0, 0.05) is 32.7 Å². The summed E-state index contributed by atoms with van der Waals surface area (Å²) in [7, 11) is 3.38. The van der Waals surface area contributed by atoms with Gasteiger partial charge >= 0.3 is 0 Å². The molecule has 162 valence electrons. The number of anilines is 1. The number of amides is 1. The van der Waals surface area contributed by atoms with Crippen molar-refractivity contribution in [3.63, 3.8) is 0 Å². The third-order valence-corrected chi connectivity index (χ3v) is 4.32. The van der Waals surface area contributed by atoms with Gasteiger partial charge in [-0.25, -0.2) is 9.67 Å². The summed E-state index contributed by atoms with van der Waals surface area (Å²) >= 11 is 0. The number of nitrogens with zero attached hydrogens (tertiary/aromatic N) is 6. The third-order valence-electron chi connectivity index (χ3n) is 4.32. The standard InChI is InChI=1S/C21H25N7O3/c1-28-21(24-26-27-28)20(16-9-4-3-5-10-16)25-31-15-17-11-8-12-18(22-17)23-19(29)13-6-7-14-30-2/h3-5,8-12H,6-7,13-15H2,1-2H3,(H,22,23,29)/b25-20-. The zero-order chi connectivity index (χ0) is 21.9. The average molecular weight is 423 g/mol. The molecular formula is C21H25N7O3. The van der Waals surface area contributed by atoms with E-state index in [1.807, 2.05) is 30.3 Å². The molecule has 3 rings (SSSR count). The highest BCUT2D eigenvalue weighted by Gasteiger charge is 2.14. The van der Waals surface area contributed by atoms with Crippen molar-refractivity contribution in [2.45, 2.75) is 25.9 Å². The molecule has 0 spiro atoms. The molecule has 31 heavy (non-hydrogen) atoms. The van der Waals surface area contributed by atoms with Crippen molar-refractivity contribution >= 4 is 17.4 Å². The van der Waals surface area contributed by atoms with Crippen LogP contribution in [0.25, 0.3) is 0 Å². The fraction of sp³-hybridized carbons (Fsp3) is 0.333. The van der Waals surface area contributed by atoms with Crippen molar-refractivity contribution in [3.05, 3.63) is 65.6 Å². The van der Waals surface area contributed by atoms with Crippen LogP contribution in [0.4, 0.5) is 5.82 Å². The summed E-state index contributed by atoms with van der Waals surface area (Å²) in [5.74, 6) is 0.872. The van der Waals surface area contributed by atoms with Crippen molar-refractivity contribution in [3.8, 4) is 0 Å². The molecule has 10 heteroatoms. The Morgan fingerprint density at radius 3 is 2.71 bits per heavy atom. The lowest BCUT2D eigenvalue weighted by molar-refractivity contribution is -0.116. The van der Waals surface area contributed by atoms with E-state index in [-0.39, 0.29) is 12.5 Å². The van der Waals surface area contributed by atoms with E-state index in [9.17, 15) is 4.79 Å². The Morgan fingerprint density at radius 2 is 1.97 bits per heavy atom. The van der Waals surface area contributed by atoms with Gasteiger partial charge in [-0.2, -0.15) is 0 Å². The fourth-order valence-electron chi connectivity index (χ4n) is 2.78. The molecule has 0 aliphatic heterocycles. The summed E-state index contributed by atoms with van der Waals surface area (Å²) in [5, 5.41) is 18.6.